The van der Waals surface area contributed by atoms with Crippen molar-refractivity contribution in [2.45, 2.75) is 38.5 Å². The van der Waals surface area contributed by atoms with Gasteiger partial charge in [-0.3, -0.25) is 0 Å². The average molecular weight is 282 g/mol. The monoisotopic (exact) mass is 282 g/mol. The first-order valence-electron chi connectivity index (χ1n) is 6.04. The van der Waals surface area contributed by atoms with Crippen LogP contribution in [0.5, 0.6) is 0 Å². The van der Waals surface area contributed by atoms with E-state index in [1.165, 1.54) is 4.31 Å². The number of hydrogen-bond acceptors (Lipinski definition) is 4. The Morgan fingerprint density at radius 2 is 1.94 bits per heavy atom. The molecule has 0 aliphatic carbocycles. The summed E-state index contributed by atoms with van der Waals surface area (Å²) in [4.78, 5) is 0. The molecule has 0 amide bonds. The van der Waals surface area contributed by atoms with E-state index >= 15 is 0 Å². The van der Waals surface area contributed by atoms with Gasteiger partial charge in [-0.25, -0.2) is 12.7 Å². The molecule has 104 valence electrons. The number of sulfonamides is 1. The SMILES string of the molecule is CCCNCC(C)S(=O)(=O)N(C)C(C)CSC. The van der Waals surface area contributed by atoms with Gasteiger partial charge < -0.3 is 5.32 Å². The molecular formula is C11H26N2O2S2. The Bertz CT molecular complexity index is 294. The van der Waals surface area contributed by atoms with Gasteiger partial charge in [0.1, 0.15) is 0 Å². The first kappa shape index (κ1) is 17.2. The Kier molecular flexibility index (Phi) is 8.45. The fraction of sp³-hybridized carbons (Fsp3) is 1.00. The number of thioether (sulfide) groups is 1. The van der Waals surface area contributed by atoms with Crippen molar-refractivity contribution in [3.8, 4) is 0 Å². The first-order valence-corrected chi connectivity index (χ1v) is 8.94. The molecule has 0 spiro atoms. The summed E-state index contributed by atoms with van der Waals surface area (Å²) >= 11 is 1.67. The van der Waals surface area contributed by atoms with Gasteiger partial charge in [-0.1, -0.05) is 6.92 Å². The molecule has 0 bridgehead atoms. The second-order valence-corrected chi connectivity index (χ2v) is 7.70. The van der Waals surface area contributed by atoms with Crippen LogP contribution in [0.4, 0.5) is 0 Å². The minimum Gasteiger partial charge on any atom is -0.315 e. The van der Waals surface area contributed by atoms with Gasteiger partial charge in [-0.15, -0.1) is 0 Å². The lowest BCUT2D eigenvalue weighted by molar-refractivity contribution is 0.406. The zero-order valence-corrected chi connectivity index (χ0v) is 13.2. The highest BCUT2D eigenvalue weighted by Crippen LogP contribution is 2.13. The van der Waals surface area contributed by atoms with Crippen LogP contribution in [-0.2, 0) is 10.0 Å². The summed E-state index contributed by atoms with van der Waals surface area (Å²) in [6.07, 6.45) is 3.01. The second-order valence-electron chi connectivity index (χ2n) is 4.38. The molecule has 0 rings (SSSR count). The van der Waals surface area contributed by atoms with Crippen molar-refractivity contribution in [3.05, 3.63) is 0 Å². The molecule has 17 heavy (non-hydrogen) atoms. The minimum atomic E-state index is -3.18. The van der Waals surface area contributed by atoms with Gasteiger partial charge in [0.05, 0.1) is 5.25 Å². The third-order valence-corrected chi connectivity index (χ3v) is 5.96. The Morgan fingerprint density at radius 1 is 1.35 bits per heavy atom. The summed E-state index contributed by atoms with van der Waals surface area (Å²) in [5.74, 6) is 0.824. The van der Waals surface area contributed by atoms with Gasteiger partial charge in [0.2, 0.25) is 10.0 Å². The molecule has 2 unspecified atom stereocenters. The molecule has 6 heteroatoms. The Labute approximate surface area is 111 Å². The molecule has 0 aliphatic heterocycles. The zero-order valence-electron chi connectivity index (χ0n) is 11.6. The van der Waals surface area contributed by atoms with E-state index in [0.29, 0.717) is 6.54 Å². The van der Waals surface area contributed by atoms with Crippen LogP contribution in [0.15, 0.2) is 0 Å². The minimum absolute atomic E-state index is 0.0450. The summed E-state index contributed by atoms with van der Waals surface area (Å²) in [5.41, 5.74) is 0. The highest BCUT2D eigenvalue weighted by atomic mass is 32.2. The third kappa shape index (κ3) is 5.59. The lowest BCUT2D eigenvalue weighted by atomic mass is 10.4. The number of nitrogens with zero attached hydrogens (tertiary/aromatic N) is 1. The topological polar surface area (TPSA) is 49.4 Å². The van der Waals surface area contributed by atoms with Crippen LogP contribution >= 0.6 is 11.8 Å². The quantitative estimate of drug-likeness (QED) is 0.649. The van der Waals surface area contributed by atoms with E-state index < -0.39 is 10.0 Å². The molecule has 0 radical (unpaired) electrons. The molecular weight excluding hydrogens is 256 g/mol. The van der Waals surface area contributed by atoms with Crippen molar-refractivity contribution in [3.63, 3.8) is 0 Å². The van der Waals surface area contributed by atoms with Crippen LogP contribution in [0.1, 0.15) is 27.2 Å². The number of rotatable bonds is 9. The normalized spacial score (nSPS) is 16.1. The van der Waals surface area contributed by atoms with Crippen LogP contribution < -0.4 is 5.32 Å². The Morgan fingerprint density at radius 3 is 2.41 bits per heavy atom. The second kappa shape index (κ2) is 8.34. The van der Waals surface area contributed by atoms with Crippen molar-refractivity contribution in [2.75, 3.05) is 32.1 Å². The summed E-state index contributed by atoms with van der Waals surface area (Å²) in [6.45, 7) is 7.16. The molecule has 1 N–H and O–H groups in total. The van der Waals surface area contributed by atoms with E-state index in [4.69, 9.17) is 0 Å². The summed E-state index contributed by atoms with van der Waals surface area (Å²) in [5, 5.41) is 2.78. The van der Waals surface area contributed by atoms with Crippen molar-refractivity contribution in [1.82, 2.24) is 9.62 Å². The molecule has 2 atom stereocenters. The van der Waals surface area contributed by atoms with Crippen molar-refractivity contribution >= 4 is 21.8 Å². The van der Waals surface area contributed by atoms with Crippen LogP contribution in [0.3, 0.4) is 0 Å². The van der Waals surface area contributed by atoms with Gasteiger partial charge in [0.25, 0.3) is 0 Å². The molecule has 0 aromatic carbocycles. The van der Waals surface area contributed by atoms with Gasteiger partial charge >= 0.3 is 0 Å². The van der Waals surface area contributed by atoms with E-state index in [2.05, 4.69) is 12.2 Å². The molecule has 0 fully saturated rings. The van der Waals surface area contributed by atoms with Crippen LogP contribution in [0, 0.1) is 0 Å². The predicted molar refractivity (Wildman–Crippen MR) is 77.1 cm³/mol. The fourth-order valence-electron chi connectivity index (χ4n) is 1.47. The lowest BCUT2D eigenvalue weighted by Crippen LogP contribution is -2.44. The maximum absolute atomic E-state index is 12.2. The van der Waals surface area contributed by atoms with Crippen molar-refractivity contribution < 1.29 is 8.42 Å². The summed E-state index contributed by atoms with van der Waals surface area (Å²) in [7, 11) is -1.51. The first-order chi connectivity index (χ1) is 7.87. The maximum atomic E-state index is 12.2. The van der Waals surface area contributed by atoms with Crippen LogP contribution in [0.25, 0.3) is 0 Å². The average Bonchev–Trinajstić information content (AvgIpc) is 2.28. The van der Waals surface area contributed by atoms with Crippen molar-refractivity contribution in [1.29, 1.82) is 0 Å². The Balaban J connectivity index is 4.43. The molecule has 0 aromatic rings. The summed E-state index contributed by atoms with van der Waals surface area (Å²) in [6, 6.07) is 0.0450. The van der Waals surface area contributed by atoms with Crippen LogP contribution in [0.2, 0.25) is 0 Å². The predicted octanol–water partition coefficient (Wildman–Crippen LogP) is 1.39. The smallest absolute Gasteiger partial charge is 0.217 e. The van der Waals surface area contributed by atoms with E-state index in [0.717, 1.165) is 18.7 Å². The highest BCUT2D eigenvalue weighted by Gasteiger charge is 2.28. The van der Waals surface area contributed by atoms with Gasteiger partial charge in [-0.2, -0.15) is 11.8 Å². The molecule has 0 aliphatic rings. The third-order valence-electron chi connectivity index (χ3n) is 2.80. The van der Waals surface area contributed by atoms with Crippen LogP contribution in [-0.4, -0.2) is 56.2 Å². The molecule has 0 heterocycles. The number of hydrogen-bond donors (Lipinski definition) is 1. The molecule has 0 saturated carbocycles. The maximum Gasteiger partial charge on any atom is 0.217 e. The van der Waals surface area contributed by atoms with Crippen molar-refractivity contribution in [2.24, 2.45) is 0 Å². The van der Waals surface area contributed by atoms with Gasteiger partial charge in [-0.05, 0) is 33.1 Å². The number of nitrogens with one attached hydrogen (secondary N) is 1. The highest BCUT2D eigenvalue weighted by molar-refractivity contribution is 7.98. The fourth-order valence-corrected chi connectivity index (χ4v) is 3.74. The standard InChI is InChI=1S/C11H26N2O2S2/c1-6-7-12-8-11(3)17(14,15)13(4)10(2)9-16-5/h10-12H,6-9H2,1-5H3. The van der Waals surface area contributed by atoms with E-state index in [-0.39, 0.29) is 11.3 Å². The Hall–Kier alpha value is 0.220. The van der Waals surface area contributed by atoms with Gasteiger partial charge in [0.15, 0.2) is 0 Å². The largest absolute Gasteiger partial charge is 0.315 e. The van der Waals surface area contributed by atoms with E-state index in [9.17, 15) is 8.42 Å². The van der Waals surface area contributed by atoms with Gasteiger partial charge in [0, 0.05) is 25.4 Å². The molecule has 4 nitrogen and oxygen atoms in total. The van der Waals surface area contributed by atoms with E-state index in [1.54, 1.807) is 25.7 Å². The summed E-state index contributed by atoms with van der Waals surface area (Å²) < 4.78 is 25.9. The molecule has 0 aromatic heterocycles. The van der Waals surface area contributed by atoms with E-state index in [1.807, 2.05) is 13.2 Å². The molecule has 0 saturated heterocycles. The lowest BCUT2D eigenvalue weighted by Gasteiger charge is -2.27. The zero-order chi connectivity index (χ0) is 13.5.